The number of benzene rings is 2. The smallest absolute Gasteiger partial charge is 1.00 e. The summed E-state index contributed by atoms with van der Waals surface area (Å²) in [6.45, 7) is 8.73. The van der Waals surface area contributed by atoms with Crippen molar-refractivity contribution in [2.45, 2.75) is 39.5 Å². The Kier molecular flexibility index (Phi) is 10.9. The van der Waals surface area contributed by atoms with Crippen LogP contribution in [-0.4, -0.2) is 0 Å². The third-order valence-electron chi connectivity index (χ3n) is 3.39. The van der Waals surface area contributed by atoms with Gasteiger partial charge in [-0.1, -0.05) is 0 Å². The molecule has 2 rings (SSSR count). The van der Waals surface area contributed by atoms with Gasteiger partial charge in [-0.15, -0.1) is 0 Å². The normalized spacial score (nSPS) is 9.65. The molecule has 0 amide bonds. The molecule has 0 saturated carbocycles. The summed E-state index contributed by atoms with van der Waals surface area (Å²) in [4.78, 5) is 0. The predicted octanol–water partition coefficient (Wildman–Crippen LogP) is -0.688. The van der Waals surface area contributed by atoms with Crippen molar-refractivity contribution in [1.82, 2.24) is 0 Å². The van der Waals surface area contributed by atoms with Crippen molar-refractivity contribution < 1.29 is 54.6 Å². The zero-order chi connectivity index (χ0) is 15.2. The van der Waals surface area contributed by atoms with Crippen LogP contribution in [-0.2, 0) is 24.1 Å². The summed E-state index contributed by atoms with van der Waals surface area (Å²) in [5.41, 5.74) is 2.50. The van der Waals surface area contributed by atoms with E-state index < -0.39 is 24.1 Å². The molecule has 0 bridgehead atoms. The molecule has 0 N–H and O–H groups in total. The molecule has 0 aliphatic heterocycles. The Morgan fingerprint density at radius 2 is 1.00 bits per heavy atom. The van der Waals surface area contributed by atoms with Crippen molar-refractivity contribution in [3.05, 3.63) is 59.7 Å². The second kappa shape index (κ2) is 11.1. The van der Waals surface area contributed by atoms with Gasteiger partial charge in [0.2, 0.25) is 0 Å². The van der Waals surface area contributed by atoms with Gasteiger partial charge in [0.15, 0.2) is 0 Å². The van der Waals surface area contributed by atoms with Gasteiger partial charge in [-0.25, -0.2) is 0 Å². The summed E-state index contributed by atoms with van der Waals surface area (Å²) in [6.07, 6.45) is 0. The molecule has 23 heavy (non-hydrogen) atoms. The quantitative estimate of drug-likeness (QED) is 0.602. The van der Waals surface area contributed by atoms with E-state index in [1.807, 2.05) is 24.3 Å². The van der Waals surface area contributed by atoms with Crippen LogP contribution in [0.2, 0.25) is 0 Å². The van der Waals surface area contributed by atoms with Crippen LogP contribution in [0.5, 0.6) is 11.5 Å². The van der Waals surface area contributed by atoms with Gasteiger partial charge in [0, 0.05) is 0 Å². The zero-order valence-corrected chi connectivity index (χ0v) is 17.8. The Hall–Kier alpha value is -0.497. The summed E-state index contributed by atoms with van der Waals surface area (Å²) in [5, 5.41) is 0. The average molecular weight is 433 g/mol. The van der Waals surface area contributed by atoms with E-state index in [0.29, 0.717) is 11.8 Å². The van der Waals surface area contributed by atoms with Crippen molar-refractivity contribution in [2.75, 3.05) is 0 Å². The minimum Gasteiger partial charge on any atom is -1.00 e. The fraction of sp³-hybridized carbons (Fsp3) is 0.333. The Morgan fingerprint density at radius 1 is 0.652 bits per heavy atom. The second-order valence-corrected chi connectivity index (χ2v) is 7.09. The van der Waals surface area contributed by atoms with Crippen LogP contribution in [0.3, 0.4) is 0 Å². The van der Waals surface area contributed by atoms with Crippen LogP contribution in [0.25, 0.3) is 0 Å². The number of hydrogen-bond donors (Lipinski definition) is 0. The number of para-hydroxylation sites is 2. The van der Waals surface area contributed by atoms with Crippen LogP contribution in [0.1, 0.15) is 50.7 Å². The molecule has 0 heterocycles. The van der Waals surface area contributed by atoms with Crippen molar-refractivity contribution in [2.24, 2.45) is 0 Å². The molecule has 2 nitrogen and oxygen atoms in total. The van der Waals surface area contributed by atoms with Gasteiger partial charge in [0.25, 0.3) is 0 Å². The van der Waals surface area contributed by atoms with E-state index >= 15 is 0 Å². The first-order valence-electron chi connectivity index (χ1n) is 7.36. The monoisotopic (exact) mass is 430 g/mol. The third kappa shape index (κ3) is 6.49. The van der Waals surface area contributed by atoms with Crippen LogP contribution in [0, 0.1) is 0 Å². The van der Waals surface area contributed by atoms with Gasteiger partial charge in [-0.3, -0.25) is 0 Å². The van der Waals surface area contributed by atoms with Gasteiger partial charge in [0.05, 0.1) is 0 Å². The molecule has 0 atom stereocenters. The molecule has 124 valence electrons. The fourth-order valence-electron chi connectivity index (χ4n) is 2.21. The Balaban J connectivity index is 0.00000242. The van der Waals surface area contributed by atoms with Gasteiger partial charge >= 0.3 is 140 Å². The average Bonchev–Trinajstić information content (AvgIpc) is 2.48. The molecule has 0 aliphatic carbocycles. The molecule has 0 unspecified atom stereocenters. The molecule has 5 heteroatoms. The predicted molar refractivity (Wildman–Crippen MR) is 82.3 cm³/mol. The standard InChI is InChI=1S/2C9H12O.2ClH.Zr/c2*1-7(2)8-5-3-4-6-9(8)10;;;/h2*3-7,10H,1-2H3;2*1H;/q;;;;+4/p-4. The number of rotatable bonds is 6. The van der Waals surface area contributed by atoms with E-state index in [-0.39, 0.29) is 24.8 Å². The number of halogens is 2. The Labute approximate surface area is 164 Å². The minimum absolute atomic E-state index is 0. The topological polar surface area (TPSA) is 18.5 Å². The van der Waals surface area contributed by atoms with Gasteiger partial charge in [-0.05, 0) is 0 Å². The third-order valence-corrected chi connectivity index (χ3v) is 4.88. The largest absolute Gasteiger partial charge is 1.00 e. The van der Waals surface area contributed by atoms with Crippen LogP contribution >= 0.6 is 0 Å². The molecule has 0 spiro atoms. The first kappa shape index (κ1) is 22.5. The summed E-state index contributed by atoms with van der Waals surface area (Å²) < 4.78 is 12.0. The molecule has 0 saturated heterocycles. The Bertz CT molecular complexity index is 537. The van der Waals surface area contributed by atoms with Crippen molar-refractivity contribution >= 4 is 0 Å². The first-order chi connectivity index (χ1) is 10.1. The van der Waals surface area contributed by atoms with Gasteiger partial charge in [0.1, 0.15) is 0 Å². The van der Waals surface area contributed by atoms with Crippen LogP contribution in [0.4, 0.5) is 0 Å². The summed E-state index contributed by atoms with van der Waals surface area (Å²) in [6, 6.07) is 16.5. The van der Waals surface area contributed by atoms with Crippen LogP contribution in [0.15, 0.2) is 48.5 Å². The summed E-state index contributed by atoms with van der Waals surface area (Å²) in [7, 11) is 0. The maximum Gasteiger partial charge on any atom is -1.00 e. The minimum atomic E-state index is -1.39. The Morgan fingerprint density at radius 3 is 1.35 bits per heavy atom. The van der Waals surface area contributed by atoms with Crippen molar-refractivity contribution in [1.29, 1.82) is 0 Å². The molecular formula is C18H22Cl2O2Zr. The molecular weight excluding hydrogens is 410 g/mol. The SMILES string of the molecule is CC(C)c1ccccc1[O][Zr+2][O]c1ccccc1C(C)C.[Cl-].[Cl-]. The van der Waals surface area contributed by atoms with E-state index in [0.717, 1.165) is 11.5 Å². The zero-order valence-electron chi connectivity index (χ0n) is 13.8. The molecule has 2 aromatic rings. The van der Waals surface area contributed by atoms with E-state index in [4.69, 9.17) is 5.63 Å². The van der Waals surface area contributed by atoms with Gasteiger partial charge < -0.3 is 24.8 Å². The van der Waals surface area contributed by atoms with Crippen LogP contribution < -0.4 is 30.4 Å². The van der Waals surface area contributed by atoms with Gasteiger partial charge in [-0.2, -0.15) is 0 Å². The summed E-state index contributed by atoms with van der Waals surface area (Å²) in [5.74, 6) is 2.87. The van der Waals surface area contributed by atoms with E-state index in [1.165, 1.54) is 11.1 Å². The van der Waals surface area contributed by atoms with E-state index in [1.54, 1.807) is 0 Å². The molecule has 0 radical (unpaired) electrons. The second-order valence-electron chi connectivity index (χ2n) is 5.67. The van der Waals surface area contributed by atoms with E-state index in [9.17, 15) is 0 Å². The fourth-order valence-corrected chi connectivity index (χ4v) is 3.67. The summed E-state index contributed by atoms with van der Waals surface area (Å²) >= 11 is -1.39. The number of hydrogen-bond acceptors (Lipinski definition) is 2. The van der Waals surface area contributed by atoms with Crippen molar-refractivity contribution in [3.63, 3.8) is 0 Å². The molecule has 2 aromatic carbocycles. The molecule has 0 aliphatic rings. The maximum absolute atomic E-state index is 5.98. The first-order valence-corrected chi connectivity index (χ1v) is 9.36. The maximum atomic E-state index is 5.98. The van der Waals surface area contributed by atoms with Crippen molar-refractivity contribution in [3.8, 4) is 11.5 Å². The van der Waals surface area contributed by atoms with E-state index in [2.05, 4.69) is 52.0 Å². The molecule has 0 aromatic heterocycles. The molecule has 0 fully saturated rings.